The molecule has 2 aromatic rings. The van der Waals surface area contributed by atoms with E-state index in [0.29, 0.717) is 16.0 Å². The van der Waals surface area contributed by atoms with Crippen molar-refractivity contribution in [2.75, 3.05) is 19.0 Å². The van der Waals surface area contributed by atoms with E-state index in [1.807, 2.05) is 0 Å². The molecule has 0 aliphatic carbocycles. The zero-order valence-electron chi connectivity index (χ0n) is 11.5. The van der Waals surface area contributed by atoms with Gasteiger partial charge in [0.25, 0.3) is 5.91 Å². The summed E-state index contributed by atoms with van der Waals surface area (Å²) in [6.45, 7) is -0.303. The number of nitrogens with one attached hydrogen (secondary N) is 1. The first-order valence-corrected chi connectivity index (χ1v) is 7.00. The van der Waals surface area contributed by atoms with E-state index in [4.69, 9.17) is 9.47 Å². The van der Waals surface area contributed by atoms with Crippen molar-refractivity contribution in [2.45, 2.75) is 0 Å². The number of halogens is 3. The molecule has 0 aliphatic rings. The molecule has 0 saturated heterocycles. The Morgan fingerprint density at radius 1 is 1.18 bits per heavy atom. The van der Waals surface area contributed by atoms with Crippen molar-refractivity contribution in [2.24, 2.45) is 0 Å². The molecule has 1 amide bonds. The van der Waals surface area contributed by atoms with Gasteiger partial charge >= 0.3 is 0 Å². The maximum atomic E-state index is 13.4. The molecule has 0 spiro atoms. The average molecular weight is 372 g/mol. The maximum absolute atomic E-state index is 13.4. The fraction of sp³-hybridized carbons (Fsp3) is 0.133. The van der Waals surface area contributed by atoms with Crippen molar-refractivity contribution < 1.29 is 23.0 Å². The third kappa shape index (κ3) is 4.17. The molecule has 0 aliphatic heterocycles. The smallest absolute Gasteiger partial charge is 0.262 e. The number of ether oxygens (including phenoxy) is 2. The van der Waals surface area contributed by atoms with Crippen LogP contribution in [0.15, 0.2) is 40.9 Å². The van der Waals surface area contributed by atoms with E-state index in [0.717, 1.165) is 6.07 Å². The van der Waals surface area contributed by atoms with Gasteiger partial charge in [0.15, 0.2) is 12.4 Å². The van der Waals surface area contributed by atoms with Crippen LogP contribution in [0.4, 0.5) is 14.5 Å². The van der Waals surface area contributed by atoms with Crippen LogP contribution >= 0.6 is 15.9 Å². The molecule has 4 nitrogen and oxygen atoms in total. The third-order valence-electron chi connectivity index (χ3n) is 2.67. The number of amides is 1. The van der Waals surface area contributed by atoms with Crippen molar-refractivity contribution in [1.29, 1.82) is 0 Å². The number of rotatable bonds is 5. The summed E-state index contributed by atoms with van der Waals surface area (Å²) >= 11 is 3.15. The lowest BCUT2D eigenvalue weighted by Gasteiger charge is -2.12. The average Bonchev–Trinajstić information content (AvgIpc) is 2.46. The van der Waals surface area contributed by atoms with Crippen LogP contribution in [0.1, 0.15) is 0 Å². The van der Waals surface area contributed by atoms with Gasteiger partial charge in [-0.1, -0.05) is 0 Å². The molecule has 0 fully saturated rings. The Morgan fingerprint density at radius 2 is 1.86 bits per heavy atom. The zero-order valence-corrected chi connectivity index (χ0v) is 13.1. The van der Waals surface area contributed by atoms with Gasteiger partial charge in [-0.15, -0.1) is 0 Å². The summed E-state index contributed by atoms with van der Waals surface area (Å²) in [5.41, 5.74) is 0.182. The Morgan fingerprint density at radius 3 is 2.50 bits per heavy atom. The molecular formula is C15H12BrF2NO3. The molecule has 22 heavy (non-hydrogen) atoms. The van der Waals surface area contributed by atoms with Crippen LogP contribution in [0.5, 0.6) is 11.5 Å². The van der Waals surface area contributed by atoms with E-state index in [1.165, 1.54) is 37.4 Å². The van der Waals surface area contributed by atoms with E-state index in [-0.39, 0.29) is 12.3 Å². The summed E-state index contributed by atoms with van der Waals surface area (Å²) < 4.78 is 36.8. The minimum Gasteiger partial charge on any atom is -0.493 e. The number of hydrogen-bond acceptors (Lipinski definition) is 3. The van der Waals surface area contributed by atoms with E-state index in [9.17, 15) is 13.6 Å². The summed E-state index contributed by atoms with van der Waals surface area (Å²) in [4.78, 5) is 11.8. The standard InChI is InChI=1S/C15H12BrF2NO3/c1-21-15-12(16)6-10(18)7-13(15)19-14(20)8-22-11-4-2-9(17)3-5-11/h2-7H,8H2,1H3,(H,19,20). The van der Waals surface area contributed by atoms with Crippen molar-refractivity contribution >= 4 is 27.5 Å². The highest BCUT2D eigenvalue weighted by Crippen LogP contribution is 2.34. The van der Waals surface area contributed by atoms with Crippen LogP contribution in [0.3, 0.4) is 0 Å². The molecule has 1 N–H and O–H groups in total. The van der Waals surface area contributed by atoms with Crippen LogP contribution in [0, 0.1) is 11.6 Å². The molecule has 0 bridgehead atoms. The Kier molecular flexibility index (Phi) is 5.32. The summed E-state index contributed by atoms with van der Waals surface area (Å²) in [7, 11) is 1.41. The predicted molar refractivity (Wildman–Crippen MR) is 81.2 cm³/mol. The van der Waals surface area contributed by atoms with Gasteiger partial charge in [0, 0.05) is 6.07 Å². The van der Waals surface area contributed by atoms with Crippen LogP contribution in [-0.4, -0.2) is 19.6 Å². The molecule has 0 atom stereocenters. The molecule has 0 heterocycles. The second-order valence-electron chi connectivity index (χ2n) is 4.26. The van der Waals surface area contributed by atoms with Crippen LogP contribution in [-0.2, 0) is 4.79 Å². The lowest BCUT2D eigenvalue weighted by atomic mass is 10.2. The van der Waals surface area contributed by atoms with E-state index in [2.05, 4.69) is 21.2 Å². The van der Waals surface area contributed by atoms with Crippen LogP contribution < -0.4 is 14.8 Å². The van der Waals surface area contributed by atoms with E-state index < -0.39 is 17.5 Å². The van der Waals surface area contributed by atoms with Gasteiger partial charge in [0.2, 0.25) is 0 Å². The van der Waals surface area contributed by atoms with E-state index >= 15 is 0 Å². The quantitative estimate of drug-likeness (QED) is 0.870. The van der Waals surface area contributed by atoms with Gasteiger partial charge in [-0.25, -0.2) is 8.78 Å². The Bertz CT molecular complexity index is 677. The lowest BCUT2D eigenvalue weighted by molar-refractivity contribution is -0.118. The van der Waals surface area contributed by atoms with Gasteiger partial charge in [-0.05, 0) is 46.3 Å². The number of carbonyl (C=O) groups excluding carboxylic acids is 1. The largest absolute Gasteiger partial charge is 0.493 e. The highest BCUT2D eigenvalue weighted by molar-refractivity contribution is 9.10. The van der Waals surface area contributed by atoms with Crippen LogP contribution in [0.25, 0.3) is 0 Å². The van der Waals surface area contributed by atoms with Gasteiger partial charge in [-0.2, -0.15) is 0 Å². The summed E-state index contributed by atoms with van der Waals surface area (Å²) in [6.07, 6.45) is 0. The number of benzene rings is 2. The van der Waals surface area contributed by atoms with Gasteiger partial charge in [0.1, 0.15) is 17.4 Å². The number of carbonyl (C=O) groups is 1. The fourth-order valence-corrected chi connectivity index (χ4v) is 2.32. The first-order valence-electron chi connectivity index (χ1n) is 6.21. The minimum absolute atomic E-state index is 0.182. The lowest BCUT2D eigenvalue weighted by Crippen LogP contribution is -2.20. The van der Waals surface area contributed by atoms with Crippen molar-refractivity contribution in [3.63, 3.8) is 0 Å². The molecule has 2 aromatic carbocycles. The maximum Gasteiger partial charge on any atom is 0.262 e. The first-order chi connectivity index (χ1) is 10.5. The molecule has 0 radical (unpaired) electrons. The number of methoxy groups -OCH3 is 1. The second kappa shape index (κ2) is 7.22. The van der Waals surface area contributed by atoms with Gasteiger partial charge in [-0.3, -0.25) is 4.79 Å². The van der Waals surface area contributed by atoms with Crippen molar-refractivity contribution in [3.05, 3.63) is 52.5 Å². The zero-order chi connectivity index (χ0) is 16.1. The van der Waals surface area contributed by atoms with Gasteiger partial charge < -0.3 is 14.8 Å². The second-order valence-corrected chi connectivity index (χ2v) is 5.11. The third-order valence-corrected chi connectivity index (χ3v) is 3.26. The first kappa shape index (κ1) is 16.2. The van der Waals surface area contributed by atoms with Crippen molar-refractivity contribution in [3.8, 4) is 11.5 Å². The van der Waals surface area contributed by atoms with E-state index in [1.54, 1.807) is 0 Å². The monoisotopic (exact) mass is 371 g/mol. The SMILES string of the molecule is COc1c(Br)cc(F)cc1NC(=O)COc1ccc(F)cc1. The molecule has 0 aromatic heterocycles. The Labute approximate surface area is 134 Å². The highest BCUT2D eigenvalue weighted by atomic mass is 79.9. The Balaban J connectivity index is 2.01. The van der Waals surface area contributed by atoms with Crippen molar-refractivity contribution in [1.82, 2.24) is 0 Å². The summed E-state index contributed by atoms with van der Waals surface area (Å²) in [5.74, 6) is -0.769. The molecule has 2 rings (SSSR count). The molecule has 0 saturated carbocycles. The molecular weight excluding hydrogens is 360 g/mol. The summed E-state index contributed by atoms with van der Waals surface area (Å²) in [5, 5.41) is 2.49. The van der Waals surface area contributed by atoms with Crippen LogP contribution in [0.2, 0.25) is 0 Å². The molecule has 116 valence electrons. The molecule has 7 heteroatoms. The summed E-state index contributed by atoms with van der Waals surface area (Å²) in [6, 6.07) is 7.62. The number of hydrogen-bond donors (Lipinski definition) is 1. The van der Waals surface area contributed by atoms with Gasteiger partial charge in [0.05, 0.1) is 17.3 Å². The predicted octanol–water partition coefficient (Wildman–Crippen LogP) is 3.75. The minimum atomic E-state index is -0.526. The fourth-order valence-electron chi connectivity index (χ4n) is 1.73. The molecule has 0 unspecified atom stereocenters. The normalized spacial score (nSPS) is 10.2. The topological polar surface area (TPSA) is 47.6 Å². The highest BCUT2D eigenvalue weighted by Gasteiger charge is 2.13. The number of anilines is 1. The Hall–Kier alpha value is -2.15.